The minimum atomic E-state index is -0.398. The van der Waals surface area contributed by atoms with Crippen molar-refractivity contribution in [1.29, 1.82) is 0 Å². The van der Waals surface area contributed by atoms with Crippen molar-refractivity contribution >= 4 is 45.9 Å². The van der Waals surface area contributed by atoms with Crippen LogP contribution >= 0.6 is 22.9 Å². The number of hydrogen-bond donors (Lipinski definition) is 1. The van der Waals surface area contributed by atoms with Crippen LogP contribution in [0.15, 0.2) is 30.0 Å². The van der Waals surface area contributed by atoms with E-state index in [0.29, 0.717) is 44.1 Å². The van der Waals surface area contributed by atoms with Gasteiger partial charge in [0.2, 0.25) is 0 Å². The van der Waals surface area contributed by atoms with Crippen LogP contribution < -0.4 is 14.8 Å². The van der Waals surface area contributed by atoms with E-state index in [1.165, 1.54) is 24.7 Å². The number of ether oxygens (including phenoxy) is 3. The summed E-state index contributed by atoms with van der Waals surface area (Å²) in [6.07, 6.45) is 7.39. The first-order valence-corrected chi connectivity index (χ1v) is 11.7. The molecule has 1 amide bonds. The maximum atomic E-state index is 13.2. The zero-order chi connectivity index (χ0) is 22.8. The minimum Gasteiger partial charge on any atom is -0.493 e. The Balaban J connectivity index is 1.68. The standard InChI is InChI=1S/C24H24ClNO5S/c1-4-30-24(28)20-17-6-5-13(2)9-19(17)32-23(20)26-22(27)14-7-8-31-21-15(10-14)11-16(25)12-18(21)29-3/h7-8,10-13H,4-6,9H2,1-3H3,(H,26,27). The number of methoxy groups -OCH3 is 1. The van der Waals surface area contributed by atoms with E-state index in [9.17, 15) is 9.59 Å². The van der Waals surface area contributed by atoms with E-state index in [0.717, 1.165) is 29.7 Å². The van der Waals surface area contributed by atoms with Gasteiger partial charge in [-0.3, -0.25) is 4.79 Å². The third kappa shape index (κ3) is 4.40. The van der Waals surface area contributed by atoms with E-state index in [1.807, 2.05) is 0 Å². The molecule has 1 atom stereocenters. The quantitative estimate of drug-likeness (QED) is 0.569. The molecule has 2 aromatic rings. The first kappa shape index (κ1) is 22.4. The molecule has 6 nitrogen and oxygen atoms in total. The van der Waals surface area contributed by atoms with Crippen molar-refractivity contribution < 1.29 is 23.8 Å². The highest BCUT2D eigenvalue weighted by molar-refractivity contribution is 7.17. The van der Waals surface area contributed by atoms with Crippen molar-refractivity contribution in [3.8, 4) is 11.5 Å². The van der Waals surface area contributed by atoms with E-state index in [1.54, 1.807) is 31.2 Å². The van der Waals surface area contributed by atoms with Gasteiger partial charge in [-0.2, -0.15) is 0 Å². The third-order valence-corrected chi connectivity index (χ3v) is 6.88. The number of carbonyl (C=O) groups is 2. The van der Waals surface area contributed by atoms with Crippen LogP contribution in [0.1, 0.15) is 46.6 Å². The monoisotopic (exact) mass is 473 g/mol. The van der Waals surface area contributed by atoms with Crippen LogP contribution in [0.4, 0.5) is 5.00 Å². The summed E-state index contributed by atoms with van der Waals surface area (Å²) < 4.78 is 16.3. The highest BCUT2D eigenvalue weighted by atomic mass is 35.5. The van der Waals surface area contributed by atoms with Crippen molar-refractivity contribution in [3.63, 3.8) is 0 Å². The van der Waals surface area contributed by atoms with Crippen LogP contribution in [0.25, 0.3) is 6.08 Å². The van der Waals surface area contributed by atoms with Gasteiger partial charge < -0.3 is 19.5 Å². The number of hydrogen-bond acceptors (Lipinski definition) is 6. The molecule has 0 saturated carbocycles. The summed E-state index contributed by atoms with van der Waals surface area (Å²) >= 11 is 7.65. The van der Waals surface area contributed by atoms with Crippen molar-refractivity contribution in [2.24, 2.45) is 5.92 Å². The van der Waals surface area contributed by atoms with Crippen LogP contribution in [0.3, 0.4) is 0 Å². The Morgan fingerprint density at radius 2 is 2.16 bits per heavy atom. The van der Waals surface area contributed by atoms with Crippen molar-refractivity contribution in [2.45, 2.75) is 33.1 Å². The summed E-state index contributed by atoms with van der Waals surface area (Å²) in [7, 11) is 1.53. The van der Waals surface area contributed by atoms with Gasteiger partial charge in [0.1, 0.15) is 5.00 Å². The van der Waals surface area contributed by atoms with Gasteiger partial charge in [0.25, 0.3) is 5.91 Å². The molecule has 0 bridgehead atoms. The second kappa shape index (κ2) is 9.38. The van der Waals surface area contributed by atoms with Crippen LogP contribution in [0.5, 0.6) is 11.5 Å². The van der Waals surface area contributed by atoms with Crippen LogP contribution in [-0.2, 0) is 22.4 Å². The summed E-state index contributed by atoms with van der Waals surface area (Å²) in [5.41, 5.74) is 2.46. The number of amides is 1. The number of esters is 1. The van der Waals surface area contributed by atoms with Gasteiger partial charge in [0, 0.05) is 27.1 Å². The fraction of sp³-hybridized carbons (Fsp3) is 0.333. The summed E-state index contributed by atoms with van der Waals surface area (Å²) in [4.78, 5) is 27.0. The summed E-state index contributed by atoms with van der Waals surface area (Å²) in [5, 5.41) is 3.92. The molecule has 1 aliphatic carbocycles. The number of thiophene rings is 1. The molecule has 0 fully saturated rings. The van der Waals surface area contributed by atoms with E-state index < -0.39 is 5.97 Å². The number of fused-ring (bicyclic) bond motifs is 2. The molecule has 1 aromatic heterocycles. The zero-order valence-corrected chi connectivity index (χ0v) is 19.7. The van der Waals surface area contributed by atoms with Crippen LogP contribution in [0.2, 0.25) is 5.02 Å². The maximum absolute atomic E-state index is 13.2. The normalized spacial score (nSPS) is 16.8. The molecule has 2 heterocycles. The Morgan fingerprint density at radius 1 is 1.34 bits per heavy atom. The highest BCUT2D eigenvalue weighted by Gasteiger charge is 2.29. The number of nitrogens with one attached hydrogen (secondary N) is 1. The predicted molar refractivity (Wildman–Crippen MR) is 126 cm³/mol. The van der Waals surface area contributed by atoms with Gasteiger partial charge in [-0.05, 0) is 55.9 Å². The molecular weight excluding hydrogens is 450 g/mol. The van der Waals surface area contributed by atoms with Gasteiger partial charge in [-0.15, -0.1) is 11.3 Å². The number of carbonyl (C=O) groups excluding carboxylic acids is 2. The topological polar surface area (TPSA) is 73.9 Å². The average molecular weight is 474 g/mol. The van der Waals surface area contributed by atoms with Crippen molar-refractivity contribution in [2.75, 3.05) is 19.0 Å². The molecular formula is C24H24ClNO5S. The second-order valence-corrected chi connectivity index (χ2v) is 9.32. The Morgan fingerprint density at radius 3 is 2.91 bits per heavy atom. The Kier molecular flexibility index (Phi) is 6.58. The van der Waals surface area contributed by atoms with Gasteiger partial charge in [0.05, 0.1) is 25.5 Å². The molecule has 2 aliphatic rings. The molecule has 4 rings (SSSR count). The first-order valence-electron chi connectivity index (χ1n) is 10.5. The number of halogens is 1. The Bertz CT molecular complexity index is 1130. The SMILES string of the molecule is CCOC(=O)c1c(NC(=O)C2=Cc3cc(Cl)cc(OC)c3OC=C2)sc2c1CCC(C)C2. The highest BCUT2D eigenvalue weighted by Crippen LogP contribution is 2.41. The lowest BCUT2D eigenvalue weighted by Gasteiger charge is -2.18. The number of benzene rings is 1. The molecule has 8 heteroatoms. The molecule has 0 radical (unpaired) electrons. The fourth-order valence-corrected chi connectivity index (χ4v) is 5.55. The fourth-order valence-electron chi connectivity index (χ4n) is 3.94. The maximum Gasteiger partial charge on any atom is 0.341 e. The van der Waals surface area contributed by atoms with Gasteiger partial charge in [0.15, 0.2) is 11.5 Å². The first-order chi connectivity index (χ1) is 15.4. The average Bonchev–Trinajstić information content (AvgIpc) is 2.95. The molecule has 1 aliphatic heterocycles. The summed E-state index contributed by atoms with van der Waals surface area (Å²) in [5.74, 6) is 0.739. The molecule has 1 N–H and O–H groups in total. The van der Waals surface area contributed by atoms with E-state index in [2.05, 4.69) is 12.2 Å². The van der Waals surface area contributed by atoms with Gasteiger partial charge in [-0.1, -0.05) is 18.5 Å². The van der Waals surface area contributed by atoms with Crippen molar-refractivity contribution in [3.05, 3.63) is 56.6 Å². The predicted octanol–water partition coefficient (Wildman–Crippen LogP) is 5.64. The van der Waals surface area contributed by atoms with E-state index >= 15 is 0 Å². The Labute approximate surface area is 195 Å². The van der Waals surface area contributed by atoms with Gasteiger partial charge in [-0.25, -0.2) is 4.79 Å². The third-order valence-electron chi connectivity index (χ3n) is 5.49. The smallest absolute Gasteiger partial charge is 0.341 e. The van der Waals surface area contributed by atoms with Crippen LogP contribution in [-0.4, -0.2) is 25.6 Å². The van der Waals surface area contributed by atoms with Gasteiger partial charge >= 0.3 is 5.97 Å². The van der Waals surface area contributed by atoms with E-state index in [-0.39, 0.29) is 12.5 Å². The minimum absolute atomic E-state index is 0.276. The molecule has 32 heavy (non-hydrogen) atoms. The van der Waals surface area contributed by atoms with Crippen molar-refractivity contribution in [1.82, 2.24) is 0 Å². The molecule has 1 unspecified atom stereocenters. The zero-order valence-electron chi connectivity index (χ0n) is 18.1. The second-order valence-electron chi connectivity index (χ2n) is 7.78. The molecule has 0 spiro atoms. The molecule has 168 valence electrons. The molecule has 1 aromatic carbocycles. The Hall–Kier alpha value is -2.77. The number of rotatable bonds is 5. The lowest BCUT2D eigenvalue weighted by Crippen LogP contribution is -2.17. The summed E-state index contributed by atoms with van der Waals surface area (Å²) in [6, 6.07) is 3.35. The van der Waals surface area contributed by atoms with E-state index in [4.69, 9.17) is 25.8 Å². The molecule has 0 saturated heterocycles. The number of anilines is 1. The summed E-state index contributed by atoms with van der Waals surface area (Å²) in [6.45, 7) is 4.25. The van der Waals surface area contributed by atoms with Crippen LogP contribution in [0, 0.1) is 5.92 Å². The lowest BCUT2D eigenvalue weighted by molar-refractivity contribution is -0.112. The lowest BCUT2D eigenvalue weighted by atomic mass is 9.88. The largest absolute Gasteiger partial charge is 0.493 e.